The van der Waals surface area contributed by atoms with E-state index >= 15 is 0 Å². The molecule has 0 aliphatic carbocycles. The molecule has 8 rings (SSSR count). The van der Waals surface area contributed by atoms with Crippen molar-refractivity contribution in [3.05, 3.63) is 156 Å². The largest absolute Gasteiger partial charge is 0.307 e. The molecule has 9 heteroatoms. The van der Waals surface area contributed by atoms with Crippen molar-refractivity contribution in [3.8, 4) is 0 Å². The number of nitrogens with zero attached hydrogens (tertiary/aromatic N) is 7. The molecule has 0 radical (unpaired) electrons. The van der Waals surface area contributed by atoms with Gasteiger partial charge in [0.05, 0.1) is 34.2 Å². The zero-order chi connectivity index (χ0) is 41.1. The van der Waals surface area contributed by atoms with Crippen LogP contribution < -0.4 is 10.6 Å². The summed E-state index contributed by atoms with van der Waals surface area (Å²) >= 11 is 0. The Morgan fingerprint density at radius 2 is 0.569 bits per heavy atom. The van der Waals surface area contributed by atoms with E-state index < -0.39 is 0 Å². The van der Waals surface area contributed by atoms with Gasteiger partial charge in [-0.2, -0.15) is 0 Å². The normalized spacial score (nSPS) is 17.3. The molecule has 3 aliphatic heterocycles. The van der Waals surface area contributed by atoms with Gasteiger partial charge in [0.1, 0.15) is 0 Å². The molecule has 2 N–H and O–H groups in total. The first kappa shape index (κ1) is 41.8. The van der Waals surface area contributed by atoms with Crippen LogP contribution in [0.25, 0.3) is 0 Å². The summed E-state index contributed by atoms with van der Waals surface area (Å²) in [7, 11) is 8.94. The maximum absolute atomic E-state index is 5.23. The first-order valence-corrected chi connectivity index (χ1v) is 21.0. The fraction of sp³-hybridized carbons (Fsp3) is 0.449. The summed E-state index contributed by atoms with van der Waals surface area (Å²) in [5.74, 6) is 0. The molecule has 12 bridgehead atoms. The highest BCUT2D eigenvalue weighted by Crippen LogP contribution is 2.32. The van der Waals surface area contributed by atoms with E-state index in [1.54, 1.807) is 0 Å². The zero-order valence-electron chi connectivity index (χ0n) is 36.8. The van der Waals surface area contributed by atoms with Gasteiger partial charge in [-0.05, 0) is 173 Å². The molecule has 3 aliphatic rings. The minimum atomic E-state index is 0.707. The summed E-state index contributed by atoms with van der Waals surface area (Å²) in [6, 6.07) is 19.5. The number of nitrogens with one attached hydrogen (secondary N) is 2. The Kier molecular flexibility index (Phi) is 13.2. The molecule has 0 unspecified atom stereocenters. The van der Waals surface area contributed by atoms with Crippen molar-refractivity contribution in [2.24, 2.45) is 0 Å². The van der Waals surface area contributed by atoms with Gasteiger partial charge in [0, 0.05) is 78.5 Å². The van der Waals surface area contributed by atoms with Gasteiger partial charge >= 0.3 is 0 Å². The molecule has 2 aromatic carbocycles. The maximum atomic E-state index is 5.23. The topological polar surface area (TPSA) is 75.7 Å². The number of pyridine rings is 3. The highest BCUT2D eigenvalue weighted by molar-refractivity contribution is 5.52. The molecule has 0 fully saturated rings. The van der Waals surface area contributed by atoms with E-state index in [-0.39, 0.29) is 0 Å². The van der Waals surface area contributed by atoms with E-state index in [4.69, 9.17) is 15.0 Å². The number of fused-ring (bicyclic) bond motifs is 12. The Morgan fingerprint density at radius 1 is 0.328 bits per heavy atom. The lowest BCUT2D eigenvalue weighted by atomic mass is 9.87. The minimum absolute atomic E-state index is 0.707. The van der Waals surface area contributed by atoms with E-state index in [2.05, 4.69) is 155 Å². The summed E-state index contributed by atoms with van der Waals surface area (Å²) < 4.78 is 0. The number of hydrogen-bond acceptors (Lipinski definition) is 9. The third kappa shape index (κ3) is 9.57. The van der Waals surface area contributed by atoms with Crippen LogP contribution in [0.2, 0.25) is 0 Å². The molecule has 5 aromatic rings. The lowest BCUT2D eigenvalue weighted by molar-refractivity contribution is 0.298. The molecule has 306 valence electrons. The van der Waals surface area contributed by atoms with Crippen molar-refractivity contribution in [1.29, 1.82) is 0 Å². The van der Waals surface area contributed by atoms with Crippen LogP contribution in [0.15, 0.2) is 54.6 Å². The molecular weight excluding hydrogens is 715 g/mol. The summed E-state index contributed by atoms with van der Waals surface area (Å²) in [5.41, 5.74) is 23.2. The Hall–Kier alpha value is -4.35. The minimum Gasteiger partial charge on any atom is -0.307 e. The second-order valence-corrected chi connectivity index (χ2v) is 17.4. The standard InChI is InChI=1S/C49H65N9/c1-32-44-22-50-20-38-14-11-15-39(52-38)21-51-23-45-34(3)48-30-57(9)26-42-17-12-16-40(53-42)24-55(7)28-46(32)36(5)47(33(44)2)29-56(8)25-41-18-13-19-43(54-41)27-58(10)31-49(35(45)4)37(48)6/h11-19,50-51H,20-31H2,1-10H3. The van der Waals surface area contributed by atoms with E-state index in [9.17, 15) is 0 Å². The van der Waals surface area contributed by atoms with E-state index in [1.165, 1.54) is 66.8 Å². The van der Waals surface area contributed by atoms with Crippen molar-refractivity contribution in [2.75, 3.05) is 28.2 Å². The first-order chi connectivity index (χ1) is 27.8. The average molecular weight is 780 g/mol. The van der Waals surface area contributed by atoms with Gasteiger partial charge in [-0.1, -0.05) is 18.2 Å². The lowest BCUT2D eigenvalue weighted by Crippen LogP contribution is -2.26. The van der Waals surface area contributed by atoms with Crippen LogP contribution in [0.3, 0.4) is 0 Å². The Balaban J connectivity index is 1.38. The van der Waals surface area contributed by atoms with Crippen molar-refractivity contribution in [1.82, 2.24) is 45.2 Å². The van der Waals surface area contributed by atoms with Crippen LogP contribution in [-0.2, 0) is 78.5 Å². The zero-order valence-corrected chi connectivity index (χ0v) is 36.8. The van der Waals surface area contributed by atoms with Crippen LogP contribution in [0, 0.1) is 41.5 Å². The van der Waals surface area contributed by atoms with Gasteiger partial charge in [-0.3, -0.25) is 34.6 Å². The molecule has 0 saturated carbocycles. The summed E-state index contributed by atoms with van der Waals surface area (Å²) in [6.07, 6.45) is 0. The molecule has 0 amide bonds. The van der Waals surface area contributed by atoms with Crippen LogP contribution in [0.5, 0.6) is 0 Å². The highest BCUT2D eigenvalue weighted by atomic mass is 15.1. The molecule has 0 spiro atoms. The van der Waals surface area contributed by atoms with E-state index in [0.29, 0.717) is 13.1 Å². The van der Waals surface area contributed by atoms with Gasteiger partial charge in [0.2, 0.25) is 0 Å². The molecule has 9 nitrogen and oxygen atoms in total. The summed E-state index contributed by atoms with van der Waals surface area (Å²) in [6.45, 7) is 23.4. The summed E-state index contributed by atoms with van der Waals surface area (Å²) in [5, 5.41) is 7.62. The fourth-order valence-corrected chi connectivity index (χ4v) is 9.44. The van der Waals surface area contributed by atoms with Crippen molar-refractivity contribution >= 4 is 0 Å². The van der Waals surface area contributed by atoms with Gasteiger partial charge in [-0.15, -0.1) is 0 Å². The predicted octanol–water partition coefficient (Wildman–Crippen LogP) is 7.46. The smallest absolute Gasteiger partial charge is 0.0547 e. The van der Waals surface area contributed by atoms with Gasteiger partial charge < -0.3 is 10.6 Å². The van der Waals surface area contributed by atoms with Gasteiger partial charge in [-0.25, -0.2) is 0 Å². The molecule has 0 saturated heterocycles. The highest BCUT2D eigenvalue weighted by Gasteiger charge is 2.22. The molecule has 3 aromatic heterocycles. The van der Waals surface area contributed by atoms with Crippen molar-refractivity contribution in [2.45, 2.75) is 120 Å². The van der Waals surface area contributed by atoms with Crippen LogP contribution in [-0.4, -0.2) is 62.7 Å². The molecule has 6 heterocycles. The van der Waals surface area contributed by atoms with E-state index in [1.807, 2.05) is 0 Å². The number of benzene rings is 2. The molecule has 58 heavy (non-hydrogen) atoms. The molecular formula is C49H65N9. The Morgan fingerprint density at radius 3 is 0.862 bits per heavy atom. The third-order valence-corrected chi connectivity index (χ3v) is 12.7. The molecule has 0 atom stereocenters. The first-order valence-electron chi connectivity index (χ1n) is 21.0. The number of rotatable bonds is 0. The van der Waals surface area contributed by atoms with Crippen LogP contribution in [0.4, 0.5) is 0 Å². The van der Waals surface area contributed by atoms with Crippen LogP contribution in [0.1, 0.15) is 101 Å². The SMILES string of the molecule is Cc1c2c(C)c3c(C)c1CN(C)Cc1cccc(n1)CN(C)Cc1c(C)c(c(C)c(c1C)CN(C)Cc1cccc(n1)CN(C)C3)CNCc1cccc(n1)CNC2. The number of hydrogen-bond donors (Lipinski definition) is 2. The lowest BCUT2D eigenvalue weighted by Gasteiger charge is -2.28. The van der Waals surface area contributed by atoms with Crippen LogP contribution >= 0.6 is 0 Å². The Labute approximate surface area is 347 Å². The quantitative estimate of drug-likeness (QED) is 0.167. The van der Waals surface area contributed by atoms with Crippen molar-refractivity contribution in [3.63, 3.8) is 0 Å². The number of aromatic nitrogens is 3. The second-order valence-electron chi connectivity index (χ2n) is 17.4. The van der Waals surface area contributed by atoms with Crippen molar-refractivity contribution < 1.29 is 0 Å². The van der Waals surface area contributed by atoms with Gasteiger partial charge in [0.25, 0.3) is 0 Å². The Bertz CT molecular complexity index is 2000. The second kappa shape index (κ2) is 18.3. The average Bonchev–Trinajstić information content (AvgIpc) is 3.18. The summed E-state index contributed by atoms with van der Waals surface area (Å²) in [4.78, 5) is 25.3. The predicted molar refractivity (Wildman–Crippen MR) is 236 cm³/mol. The van der Waals surface area contributed by atoms with Gasteiger partial charge in [0.15, 0.2) is 0 Å². The maximum Gasteiger partial charge on any atom is 0.0547 e. The monoisotopic (exact) mass is 780 g/mol. The fourth-order valence-electron chi connectivity index (χ4n) is 9.44. The van der Waals surface area contributed by atoms with E-state index in [0.717, 1.165) is 99.6 Å². The third-order valence-electron chi connectivity index (χ3n) is 12.7.